The third-order valence-electron chi connectivity index (χ3n) is 2.14. The topological polar surface area (TPSA) is 39.1 Å². The first-order chi connectivity index (χ1) is 7.33. The fourth-order valence-corrected chi connectivity index (χ4v) is 1.39. The number of rotatable bonds is 2. The minimum atomic E-state index is -0.192. The standard InChI is InChI=1S/C12H9NO2/c14-9-11-7-4-8-13(11)12(15)10-5-2-1-3-6-10/h1-9H. The Morgan fingerprint density at radius 1 is 1.07 bits per heavy atom. The highest BCUT2D eigenvalue weighted by atomic mass is 16.2. The van der Waals surface area contributed by atoms with Crippen molar-refractivity contribution in [2.24, 2.45) is 0 Å². The van der Waals surface area contributed by atoms with Gasteiger partial charge >= 0.3 is 0 Å². The van der Waals surface area contributed by atoms with Crippen molar-refractivity contribution in [3.8, 4) is 0 Å². The van der Waals surface area contributed by atoms with E-state index in [0.717, 1.165) is 0 Å². The Labute approximate surface area is 87.0 Å². The molecule has 0 amide bonds. The molecule has 1 heterocycles. The molecule has 2 aromatic rings. The molecule has 0 radical (unpaired) electrons. The Hall–Kier alpha value is -2.16. The van der Waals surface area contributed by atoms with Crippen LogP contribution in [0.2, 0.25) is 0 Å². The van der Waals surface area contributed by atoms with Gasteiger partial charge in [-0.05, 0) is 24.3 Å². The number of nitrogens with zero attached hydrogens (tertiary/aromatic N) is 1. The molecular formula is C12H9NO2. The van der Waals surface area contributed by atoms with Crippen LogP contribution in [0.15, 0.2) is 48.7 Å². The lowest BCUT2D eigenvalue weighted by Crippen LogP contribution is -2.13. The van der Waals surface area contributed by atoms with Gasteiger partial charge in [0, 0.05) is 11.8 Å². The van der Waals surface area contributed by atoms with Gasteiger partial charge in [0.05, 0.1) is 5.69 Å². The van der Waals surface area contributed by atoms with Crippen LogP contribution in [-0.4, -0.2) is 16.8 Å². The fourth-order valence-electron chi connectivity index (χ4n) is 1.39. The van der Waals surface area contributed by atoms with Crippen LogP contribution in [0.4, 0.5) is 0 Å². The van der Waals surface area contributed by atoms with E-state index in [1.807, 2.05) is 6.07 Å². The van der Waals surface area contributed by atoms with Gasteiger partial charge in [0.25, 0.3) is 5.91 Å². The van der Waals surface area contributed by atoms with Crippen molar-refractivity contribution in [3.63, 3.8) is 0 Å². The van der Waals surface area contributed by atoms with Crippen LogP contribution in [0.1, 0.15) is 20.8 Å². The molecule has 2 rings (SSSR count). The average Bonchev–Trinajstić information content (AvgIpc) is 2.77. The Morgan fingerprint density at radius 2 is 1.80 bits per heavy atom. The minimum Gasteiger partial charge on any atom is -0.296 e. The first-order valence-electron chi connectivity index (χ1n) is 4.55. The highest BCUT2D eigenvalue weighted by molar-refractivity contribution is 5.98. The molecule has 0 aliphatic rings. The number of hydrogen-bond donors (Lipinski definition) is 0. The number of carbonyl (C=O) groups is 2. The lowest BCUT2D eigenvalue weighted by molar-refractivity contribution is 0.0947. The molecule has 1 aromatic heterocycles. The number of hydrogen-bond acceptors (Lipinski definition) is 2. The smallest absolute Gasteiger partial charge is 0.262 e. The summed E-state index contributed by atoms with van der Waals surface area (Å²) in [5.74, 6) is -0.192. The zero-order valence-electron chi connectivity index (χ0n) is 7.96. The van der Waals surface area contributed by atoms with Gasteiger partial charge in [-0.1, -0.05) is 18.2 Å². The summed E-state index contributed by atoms with van der Waals surface area (Å²) in [7, 11) is 0. The van der Waals surface area contributed by atoms with Crippen molar-refractivity contribution in [1.82, 2.24) is 4.57 Å². The maximum absolute atomic E-state index is 11.9. The van der Waals surface area contributed by atoms with E-state index in [2.05, 4.69) is 0 Å². The Balaban J connectivity index is 2.41. The second kappa shape index (κ2) is 3.92. The zero-order valence-corrected chi connectivity index (χ0v) is 7.96. The zero-order chi connectivity index (χ0) is 10.7. The highest BCUT2D eigenvalue weighted by Gasteiger charge is 2.09. The molecule has 0 saturated carbocycles. The fraction of sp³-hybridized carbons (Fsp3) is 0. The number of benzene rings is 1. The Kier molecular flexibility index (Phi) is 2.46. The third-order valence-corrected chi connectivity index (χ3v) is 2.14. The first kappa shape index (κ1) is 9.40. The molecule has 3 heteroatoms. The quantitative estimate of drug-likeness (QED) is 0.694. The predicted molar refractivity (Wildman–Crippen MR) is 56.0 cm³/mol. The van der Waals surface area contributed by atoms with Gasteiger partial charge in [-0.3, -0.25) is 14.2 Å². The molecule has 15 heavy (non-hydrogen) atoms. The van der Waals surface area contributed by atoms with Crippen molar-refractivity contribution >= 4 is 12.2 Å². The van der Waals surface area contributed by atoms with Crippen LogP contribution in [0.25, 0.3) is 0 Å². The van der Waals surface area contributed by atoms with Crippen molar-refractivity contribution in [2.45, 2.75) is 0 Å². The maximum Gasteiger partial charge on any atom is 0.262 e. The van der Waals surface area contributed by atoms with Gasteiger partial charge in [0.1, 0.15) is 0 Å². The minimum absolute atomic E-state index is 0.192. The summed E-state index contributed by atoms with van der Waals surface area (Å²) >= 11 is 0. The molecule has 0 aliphatic heterocycles. The Morgan fingerprint density at radius 3 is 2.47 bits per heavy atom. The van der Waals surface area contributed by atoms with E-state index in [4.69, 9.17) is 0 Å². The Bertz CT molecular complexity index is 485. The van der Waals surface area contributed by atoms with Gasteiger partial charge < -0.3 is 0 Å². The third kappa shape index (κ3) is 1.72. The van der Waals surface area contributed by atoms with Crippen LogP contribution in [-0.2, 0) is 0 Å². The lowest BCUT2D eigenvalue weighted by atomic mass is 10.2. The van der Waals surface area contributed by atoms with E-state index in [1.54, 1.807) is 42.6 Å². The molecule has 0 fully saturated rings. The molecule has 1 aromatic carbocycles. The molecule has 0 atom stereocenters. The summed E-state index contributed by atoms with van der Waals surface area (Å²) < 4.78 is 1.34. The normalized spacial score (nSPS) is 9.87. The van der Waals surface area contributed by atoms with Crippen molar-refractivity contribution in [2.75, 3.05) is 0 Å². The molecule has 0 N–H and O–H groups in total. The molecule has 0 aliphatic carbocycles. The van der Waals surface area contributed by atoms with Gasteiger partial charge in [0.15, 0.2) is 6.29 Å². The van der Waals surface area contributed by atoms with E-state index in [-0.39, 0.29) is 5.91 Å². The van der Waals surface area contributed by atoms with Crippen LogP contribution >= 0.6 is 0 Å². The van der Waals surface area contributed by atoms with E-state index < -0.39 is 0 Å². The van der Waals surface area contributed by atoms with E-state index in [9.17, 15) is 9.59 Å². The van der Waals surface area contributed by atoms with Crippen LogP contribution in [0.5, 0.6) is 0 Å². The molecule has 0 spiro atoms. The van der Waals surface area contributed by atoms with Crippen LogP contribution in [0, 0.1) is 0 Å². The van der Waals surface area contributed by atoms with Gasteiger partial charge in [-0.2, -0.15) is 0 Å². The SMILES string of the molecule is O=Cc1cccn1C(=O)c1ccccc1. The summed E-state index contributed by atoms with van der Waals surface area (Å²) in [4.78, 5) is 22.5. The number of carbonyl (C=O) groups excluding carboxylic acids is 2. The van der Waals surface area contributed by atoms with Gasteiger partial charge in [-0.15, -0.1) is 0 Å². The molecular weight excluding hydrogens is 190 g/mol. The van der Waals surface area contributed by atoms with Crippen molar-refractivity contribution in [1.29, 1.82) is 0 Å². The summed E-state index contributed by atoms with van der Waals surface area (Å²) in [5.41, 5.74) is 0.931. The predicted octanol–water partition coefficient (Wildman–Crippen LogP) is 1.99. The summed E-state index contributed by atoms with van der Waals surface area (Å²) in [5, 5.41) is 0. The van der Waals surface area contributed by atoms with Gasteiger partial charge in [0.2, 0.25) is 0 Å². The molecule has 0 bridgehead atoms. The van der Waals surface area contributed by atoms with Crippen LogP contribution in [0.3, 0.4) is 0 Å². The largest absolute Gasteiger partial charge is 0.296 e. The summed E-state index contributed by atoms with van der Waals surface area (Å²) in [6, 6.07) is 12.1. The van der Waals surface area contributed by atoms with Crippen molar-refractivity contribution < 1.29 is 9.59 Å². The van der Waals surface area contributed by atoms with Gasteiger partial charge in [-0.25, -0.2) is 0 Å². The first-order valence-corrected chi connectivity index (χ1v) is 4.55. The second-order valence-corrected chi connectivity index (χ2v) is 3.09. The molecule has 0 saturated heterocycles. The van der Waals surface area contributed by atoms with E-state index in [0.29, 0.717) is 17.5 Å². The average molecular weight is 199 g/mol. The number of aromatic nitrogens is 1. The molecule has 74 valence electrons. The molecule has 3 nitrogen and oxygen atoms in total. The molecule has 0 unspecified atom stereocenters. The van der Waals surface area contributed by atoms with E-state index >= 15 is 0 Å². The highest BCUT2D eigenvalue weighted by Crippen LogP contribution is 2.06. The second-order valence-electron chi connectivity index (χ2n) is 3.09. The van der Waals surface area contributed by atoms with Crippen LogP contribution < -0.4 is 0 Å². The summed E-state index contributed by atoms with van der Waals surface area (Å²) in [6.45, 7) is 0. The monoisotopic (exact) mass is 199 g/mol. The number of aldehydes is 1. The van der Waals surface area contributed by atoms with E-state index in [1.165, 1.54) is 4.57 Å². The summed E-state index contributed by atoms with van der Waals surface area (Å²) in [6.07, 6.45) is 2.25. The van der Waals surface area contributed by atoms with Crippen molar-refractivity contribution in [3.05, 3.63) is 59.9 Å². The maximum atomic E-state index is 11.9. The lowest BCUT2D eigenvalue weighted by Gasteiger charge is -2.03.